The van der Waals surface area contributed by atoms with Crippen LogP contribution in [0.3, 0.4) is 0 Å². The van der Waals surface area contributed by atoms with Crippen molar-refractivity contribution in [3.05, 3.63) is 29.8 Å². The van der Waals surface area contributed by atoms with E-state index in [1.807, 2.05) is 6.07 Å². The highest BCUT2D eigenvalue weighted by atomic mass is 35.5. The fourth-order valence-electron chi connectivity index (χ4n) is 2.38. The Morgan fingerprint density at radius 1 is 1.13 bits per heavy atom. The van der Waals surface area contributed by atoms with Crippen LogP contribution in [0.2, 0.25) is 0 Å². The zero-order valence-electron chi connectivity index (χ0n) is 8.93. The molecule has 0 heterocycles. The topological polar surface area (TPSA) is 0 Å². The Labute approximate surface area is 100 Å². The van der Waals surface area contributed by atoms with E-state index in [1.165, 1.54) is 30.0 Å². The summed E-state index contributed by atoms with van der Waals surface area (Å²) in [5, 5.41) is 1.18. The molecule has 3 radical (unpaired) electrons. The predicted molar refractivity (Wildman–Crippen MR) is 67.2 cm³/mol. The molecule has 1 saturated carbocycles. The van der Waals surface area contributed by atoms with Crippen LogP contribution >= 0.6 is 11.6 Å². The second-order valence-electron chi connectivity index (χ2n) is 4.55. The maximum Gasteiger partial charge on any atom is 0.0715 e. The molecule has 1 fully saturated rings. The molecule has 2 heteroatoms. The summed E-state index contributed by atoms with van der Waals surface area (Å²) in [6, 6.07) is 8.39. The van der Waals surface area contributed by atoms with Gasteiger partial charge in [-0.2, -0.15) is 0 Å². The van der Waals surface area contributed by atoms with Crippen molar-refractivity contribution < 1.29 is 0 Å². The smallest absolute Gasteiger partial charge is 0.0715 e. The van der Waals surface area contributed by atoms with Crippen molar-refractivity contribution in [1.29, 1.82) is 0 Å². The maximum atomic E-state index is 6.66. The van der Waals surface area contributed by atoms with Crippen LogP contribution in [-0.2, 0) is 6.42 Å². The summed E-state index contributed by atoms with van der Waals surface area (Å²) in [5.74, 6) is 0. The number of hydrogen-bond acceptors (Lipinski definition) is 0. The Morgan fingerprint density at radius 2 is 1.80 bits per heavy atom. The number of hydrogen-bond donors (Lipinski definition) is 0. The zero-order chi connectivity index (χ0) is 10.7. The van der Waals surface area contributed by atoms with Crippen LogP contribution in [0.25, 0.3) is 0 Å². The predicted octanol–water partition coefficient (Wildman–Crippen LogP) is 2.96. The van der Waals surface area contributed by atoms with E-state index in [2.05, 4.69) is 28.4 Å². The van der Waals surface area contributed by atoms with Crippen LogP contribution < -0.4 is 5.19 Å². The van der Waals surface area contributed by atoms with Crippen LogP contribution in [-0.4, -0.2) is 15.1 Å². The molecule has 15 heavy (non-hydrogen) atoms. The van der Waals surface area contributed by atoms with E-state index in [4.69, 9.17) is 11.6 Å². The Hall–Kier alpha value is -0.273. The van der Waals surface area contributed by atoms with Crippen molar-refractivity contribution in [2.75, 3.05) is 0 Å². The van der Waals surface area contributed by atoms with Crippen LogP contribution in [0, 0.1) is 0 Å². The van der Waals surface area contributed by atoms with E-state index in [1.54, 1.807) is 0 Å². The summed E-state index contributed by atoms with van der Waals surface area (Å²) in [6.45, 7) is 0. The summed E-state index contributed by atoms with van der Waals surface area (Å²) in [4.78, 5) is 0.0149. The highest BCUT2D eigenvalue weighted by molar-refractivity contribution is 6.33. The maximum absolute atomic E-state index is 6.66. The van der Waals surface area contributed by atoms with Crippen LogP contribution in [0.4, 0.5) is 0 Å². The molecule has 1 aromatic carbocycles. The van der Waals surface area contributed by atoms with E-state index < -0.39 is 0 Å². The van der Waals surface area contributed by atoms with Gasteiger partial charge in [-0.3, -0.25) is 0 Å². The van der Waals surface area contributed by atoms with Crippen LogP contribution in [0.5, 0.6) is 0 Å². The van der Waals surface area contributed by atoms with Gasteiger partial charge in [0.25, 0.3) is 0 Å². The molecular formula is C13H16ClSi. The van der Waals surface area contributed by atoms with Gasteiger partial charge in [0.1, 0.15) is 0 Å². The molecule has 79 valence electrons. The van der Waals surface area contributed by atoms with E-state index in [-0.39, 0.29) is 4.87 Å². The summed E-state index contributed by atoms with van der Waals surface area (Å²) < 4.78 is 0. The minimum atomic E-state index is 0.0149. The highest BCUT2D eigenvalue weighted by Crippen LogP contribution is 2.36. The number of alkyl halides is 1. The standard InChI is InChI=1S/C13H16ClSi/c14-13(8-4-1-5-9-13)10-11-6-2-3-7-12(11)15/h2-3,6-7H,1,4-5,8-10H2. The fraction of sp³-hybridized carbons (Fsp3) is 0.538. The van der Waals surface area contributed by atoms with Crippen molar-refractivity contribution in [2.24, 2.45) is 0 Å². The summed E-state index contributed by atoms with van der Waals surface area (Å²) in [6.07, 6.45) is 7.24. The molecule has 0 spiro atoms. The SMILES string of the molecule is [Si]c1ccccc1CC1(Cl)CCCCC1. The van der Waals surface area contributed by atoms with Gasteiger partial charge in [-0.1, -0.05) is 48.7 Å². The number of halogens is 1. The molecule has 0 saturated heterocycles. The average molecular weight is 236 g/mol. The Bertz CT molecular complexity index is 329. The summed E-state index contributed by atoms with van der Waals surface area (Å²) in [5.41, 5.74) is 1.34. The van der Waals surface area contributed by atoms with E-state index >= 15 is 0 Å². The lowest BCUT2D eigenvalue weighted by Gasteiger charge is -2.31. The minimum Gasteiger partial charge on any atom is -0.119 e. The van der Waals surface area contributed by atoms with Crippen molar-refractivity contribution in [3.8, 4) is 0 Å². The molecule has 2 rings (SSSR count). The first kappa shape index (κ1) is 11.2. The molecule has 0 aliphatic heterocycles. The third-order valence-corrected chi connectivity index (χ3v) is 4.27. The summed E-state index contributed by atoms with van der Waals surface area (Å²) in [7, 11) is 3.64. The van der Waals surface area contributed by atoms with Crippen molar-refractivity contribution in [1.82, 2.24) is 0 Å². The van der Waals surface area contributed by atoms with Crippen molar-refractivity contribution in [2.45, 2.75) is 43.4 Å². The van der Waals surface area contributed by atoms with Gasteiger partial charge in [0.15, 0.2) is 0 Å². The number of rotatable bonds is 2. The van der Waals surface area contributed by atoms with Crippen molar-refractivity contribution >= 4 is 27.0 Å². The average Bonchev–Trinajstić information content (AvgIpc) is 2.22. The lowest BCUT2D eigenvalue weighted by molar-refractivity contribution is 0.387. The fourth-order valence-corrected chi connectivity index (χ4v) is 3.06. The molecule has 1 aromatic rings. The molecule has 0 N–H and O–H groups in total. The molecule has 0 amide bonds. The second kappa shape index (κ2) is 4.71. The molecule has 0 aromatic heterocycles. The van der Waals surface area contributed by atoms with Gasteiger partial charge in [0, 0.05) is 4.87 Å². The molecule has 1 aliphatic rings. The van der Waals surface area contributed by atoms with E-state index in [9.17, 15) is 0 Å². The first-order chi connectivity index (χ1) is 7.20. The largest absolute Gasteiger partial charge is 0.119 e. The van der Waals surface area contributed by atoms with E-state index in [0.717, 1.165) is 19.3 Å². The Balaban J connectivity index is 2.10. The lowest BCUT2D eigenvalue weighted by atomic mass is 9.84. The number of benzene rings is 1. The van der Waals surface area contributed by atoms with Gasteiger partial charge < -0.3 is 0 Å². The molecule has 1 aliphatic carbocycles. The Kier molecular flexibility index (Phi) is 3.52. The van der Waals surface area contributed by atoms with Crippen LogP contribution in [0.1, 0.15) is 37.7 Å². The molecular weight excluding hydrogens is 220 g/mol. The monoisotopic (exact) mass is 235 g/mol. The lowest BCUT2D eigenvalue weighted by Crippen LogP contribution is -2.30. The normalized spacial score (nSPS) is 20.1. The molecule has 0 bridgehead atoms. The zero-order valence-corrected chi connectivity index (χ0v) is 10.7. The summed E-state index contributed by atoms with van der Waals surface area (Å²) >= 11 is 6.66. The molecule has 0 atom stereocenters. The van der Waals surface area contributed by atoms with E-state index in [0.29, 0.717) is 0 Å². The van der Waals surface area contributed by atoms with Gasteiger partial charge in [0.05, 0.1) is 10.2 Å². The molecule has 0 nitrogen and oxygen atoms in total. The second-order valence-corrected chi connectivity index (χ2v) is 5.89. The van der Waals surface area contributed by atoms with Crippen LogP contribution in [0.15, 0.2) is 24.3 Å². The van der Waals surface area contributed by atoms with Gasteiger partial charge in [-0.05, 0) is 24.8 Å². The van der Waals surface area contributed by atoms with Gasteiger partial charge in [-0.25, -0.2) is 0 Å². The molecule has 0 unspecified atom stereocenters. The Morgan fingerprint density at radius 3 is 2.47 bits per heavy atom. The minimum absolute atomic E-state index is 0.0149. The first-order valence-corrected chi connectivity index (χ1v) is 6.56. The van der Waals surface area contributed by atoms with Gasteiger partial charge in [-0.15, -0.1) is 11.6 Å². The quantitative estimate of drug-likeness (QED) is 0.546. The van der Waals surface area contributed by atoms with Gasteiger partial charge >= 0.3 is 0 Å². The third kappa shape index (κ3) is 2.85. The first-order valence-electron chi connectivity index (χ1n) is 5.68. The van der Waals surface area contributed by atoms with Gasteiger partial charge in [0.2, 0.25) is 0 Å². The third-order valence-electron chi connectivity index (χ3n) is 3.27. The highest BCUT2D eigenvalue weighted by Gasteiger charge is 2.29. The van der Waals surface area contributed by atoms with Crippen molar-refractivity contribution in [3.63, 3.8) is 0 Å².